The highest BCUT2D eigenvalue weighted by molar-refractivity contribution is 6.01. The Morgan fingerprint density at radius 2 is 2.00 bits per heavy atom. The van der Waals surface area contributed by atoms with E-state index in [-0.39, 0.29) is 17.2 Å². The monoisotopic (exact) mass is 281 g/mol. The number of aromatic hydroxyl groups is 1. The standard InChI is InChI=1S/C16H15N3O2/c1-19-10-11(9-18-19)8-17-16(21)14-6-12-4-2-3-5-13(12)7-15(14)20/h2-7,9-10,20H,8H2,1H3,(H,17,21). The van der Waals surface area contributed by atoms with Crippen molar-refractivity contribution in [1.82, 2.24) is 15.1 Å². The van der Waals surface area contributed by atoms with E-state index in [1.54, 1.807) is 23.0 Å². The van der Waals surface area contributed by atoms with Gasteiger partial charge in [-0.3, -0.25) is 9.48 Å². The smallest absolute Gasteiger partial charge is 0.255 e. The lowest BCUT2D eigenvalue weighted by Crippen LogP contribution is -2.22. The number of hydrogen-bond acceptors (Lipinski definition) is 3. The third-order valence-electron chi connectivity index (χ3n) is 3.32. The van der Waals surface area contributed by atoms with Gasteiger partial charge in [-0.25, -0.2) is 0 Å². The molecule has 0 atom stereocenters. The molecule has 2 N–H and O–H groups in total. The number of aryl methyl sites for hydroxylation is 1. The Balaban J connectivity index is 1.82. The van der Waals surface area contributed by atoms with Gasteiger partial charge >= 0.3 is 0 Å². The van der Waals surface area contributed by atoms with E-state index < -0.39 is 0 Å². The van der Waals surface area contributed by atoms with Crippen LogP contribution in [0.15, 0.2) is 48.8 Å². The Kier molecular flexibility index (Phi) is 3.31. The third-order valence-corrected chi connectivity index (χ3v) is 3.32. The van der Waals surface area contributed by atoms with Crippen molar-refractivity contribution in [3.05, 3.63) is 59.9 Å². The van der Waals surface area contributed by atoms with E-state index in [4.69, 9.17) is 0 Å². The predicted octanol–water partition coefficient (Wildman–Crippen LogP) is 2.21. The van der Waals surface area contributed by atoms with Crippen LogP contribution in [0, 0.1) is 0 Å². The molecule has 2 aromatic carbocycles. The molecule has 0 aliphatic heterocycles. The van der Waals surface area contributed by atoms with Crippen molar-refractivity contribution >= 4 is 16.7 Å². The number of fused-ring (bicyclic) bond motifs is 1. The van der Waals surface area contributed by atoms with Crippen LogP contribution in [0.25, 0.3) is 10.8 Å². The van der Waals surface area contributed by atoms with Gasteiger partial charge in [-0.05, 0) is 22.9 Å². The number of nitrogens with one attached hydrogen (secondary N) is 1. The average molecular weight is 281 g/mol. The summed E-state index contributed by atoms with van der Waals surface area (Å²) in [7, 11) is 1.82. The van der Waals surface area contributed by atoms with Crippen molar-refractivity contribution in [1.29, 1.82) is 0 Å². The quantitative estimate of drug-likeness (QED) is 0.773. The molecule has 0 aliphatic carbocycles. The molecule has 0 saturated heterocycles. The maximum absolute atomic E-state index is 12.2. The van der Waals surface area contributed by atoms with E-state index in [0.29, 0.717) is 6.54 Å². The molecule has 0 radical (unpaired) electrons. The number of phenols is 1. The molecule has 5 heteroatoms. The Hall–Kier alpha value is -2.82. The molecule has 0 bridgehead atoms. The van der Waals surface area contributed by atoms with Crippen LogP contribution in [0.5, 0.6) is 5.75 Å². The minimum Gasteiger partial charge on any atom is -0.507 e. The zero-order valence-corrected chi connectivity index (χ0v) is 11.6. The number of benzene rings is 2. The highest BCUT2D eigenvalue weighted by Gasteiger charge is 2.12. The lowest BCUT2D eigenvalue weighted by atomic mass is 10.1. The minimum atomic E-state index is -0.304. The fourth-order valence-electron chi connectivity index (χ4n) is 2.25. The summed E-state index contributed by atoms with van der Waals surface area (Å²) < 4.78 is 1.68. The summed E-state index contributed by atoms with van der Waals surface area (Å²) in [5, 5.41) is 18.6. The molecule has 3 rings (SSSR count). The second-order valence-electron chi connectivity index (χ2n) is 4.92. The molecular formula is C16H15N3O2. The maximum Gasteiger partial charge on any atom is 0.255 e. The lowest BCUT2D eigenvalue weighted by Gasteiger charge is -2.07. The summed E-state index contributed by atoms with van der Waals surface area (Å²) in [5.41, 5.74) is 1.18. The number of rotatable bonds is 3. The first-order chi connectivity index (χ1) is 10.1. The van der Waals surface area contributed by atoms with Gasteiger partial charge in [0.2, 0.25) is 0 Å². The second kappa shape index (κ2) is 5.28. The summed E-state index contributed by atoms with van der Waals surface area (Å²) >= 11 is 0. The summed E-state index contributed by atoms with van der Waals surface area (Å²) in [5.74, 6) is -0.320. The molecule has 0 saturated carbocycles. The van der Waals surface area contributed by atoms with Crippen LogP contribution >= 0.6 is 0 Å². The van der Waals surface area contributed by atoms with E-state index in [1.165, 1.54) is 0 Å². The van der Waals surface area contributed by atoms with Gasteiger partial charge in [0.1, 0.15) is 5.75 Å². The average Bonchev–Trinajstić information content (AvgIpc) is 2.89. The minimum absolute atomic E-state index is 0.0163. The highest BCUT2D eigenvalue weighted by atomic mass is 16.3. The van der Waals surface area contributed by atoms with Crippen LogP contribution in [-0.4, -0.2) is 20.8 Å². The molecule has 3 aromatic rings. The van der Waals surface area contributed by atoms with Crippen LogP contribution in [0.4, 0.5) is 0 Å². The van der Waals surface area contributed by atoms with Crippen LogP contribution in [0.2, 0.25) is 0 Å². The molecule has 21 heavy (non-hydrogen) atoms. The van der Waals surface area contributed by atoms with Crippen LogP contribution in [0.1, 0.15) is 15.9 Å². The van der Waals surface area contributed by atoms with Crippen molar-refractivity contribution in [2.75, 3.05) is 0 Å². The number of phenolic OH excluding ortho intramolecular Hbond substituents is 1. The zero-order chi connectivity index (χ0) is 14.8. The topological polar surface area (TPSA) is 67.2 Å². The van der Waals surface area contributed by atoms with Gasteiger partial charge in [0.05, 0.1) is 11.8 Å². The SMILES string of the molecule is Cn1cc(CNC(=O)c2cc3ccccc3cc2O)cn1. The largest absolute Gasteiger partial charge is 0.507 e. The molecule has 0 fully saturated rings. The summed E-state index contributed by atoms with van der Waals surface area (Å²) in [6.07, 6.45) is 3.53. The Bertz CT molecular complexity index is 808. The summed E-state index contributed by atoms with van der Waals surface area (Å²) in [6, 6.07) is 10.9. The van der Waals surface area contributed by atoms with Gasteiger partial charge in [0, 0.05) is 25.4 Å². The van der Waals surface area contributed by atoms with E-state index >= 15 is 0 Å². The van der Waals surface area contributed by atoms with Gasteiger partial charge < -0.3 is 10.4 Å². The van der Waals surface area contributed by atoms with E-state index in [2.05, 4.69) is 10.4 Å². The van der Waals surface area contributed by atoms with Gasteiger partial charge in [-0.2, -0.15) is 5.10 Å². The molecule has 0 spiro atoms. The Morgan fingerprint density at radius 3 is 2.67 bits per heavy atom. The number of carbonyl (C=O) groups excluding carboxylic acids is 1. The fourth-order valence-corrected chi connectivity index (χ4v) is 2.25. The van der Waals surface area contributed by atoms with Crippen LogP contribution in [0.3, 0.4) is 0 Å². The van der Waals surface area contributed by atoms with E-state index in [1.807, 2.05) is 37.5 Å². The lowest BCUT2D eigenvalue weighted by molar-refractivity contribution is 0.0948. The number of hydrogen-bond donors (Lipinski definition) is 2. The predicted molar refractivity (Wildman–Crippen MR) is 80.0 cm³/mol. The van der Waals surface area contributed by atoms with Gasteiger partial charge in [-0.1, -0.05) is 24.3 Å². The van der Waals surface area contributed by atoms with Crippen molar-refractivity contribution in [3.63, 3.8) is 0 Å². The normalized spacial score (nSPS) is 10.7. The second-order valence-corrected chi connectivity index (χ2v) is 4.92. The van der Waals surface area contributed by atoms with Crippen molar-refractivity contribution in [2.45, 2.75) is 6.54 Å². The van der Waals surface area contributed by atoms with Crippen LogP contribution in [-0.2, 0) is 13.6 Å². The molecule has 1 aromatic heterocycles. The molecule has 106 valence electrons. The zero-order valence-electron chi connectivity index (χ0n) is 11.6. The summed E-state index contributed by atoms with van der Waals surface area (Å²) in [6.45, 7) is 0.374. The van der Waals surface area contributed by atoms with Gasteiger partial charge in [-0.15, -0.1) is 0 Å². The van der Waals surface area contributed by atoms with E-state index in [9.17, 15) is 9.90 Å². The first kappa shape index (κ1) is 13.2. The first-order valence-corrected chi connectivity index (χ1v) is 6.61. The molecule has 0 unspecified atom stereocenters. The number of aromatic nitrogens is 2. The molecule has 1 heterocycles. The number of nitrogens with zero attached hydrogens (tertiary/aromatic N) is 2. The number of carbonyl (C=O) groups is 1. The molecule has 0 aliphatic rings. The molecule has 1 amide bonds. The van der Waals surface area contributed by atoms with Crippen LogP contribution < -0.4 is 5.32 Å². The van der Waals surface area contributed by atoms with E-state index in [0.717, 1.165) is 16.3 Å². The molecular weight excluding hydrogens is 266 g/mol. The van der Waals surface area contributed by atoms with Crippen molar-refractivity contribution in [3.8, 4) is 5.75 Å². The first-order valence-electron chi connectivity index (χ1n) is 6.61. The van der Waals surface area contributed by atoms with Gasteiger partial charge in [0.15, 0.2) is 0 Å². The van der Waals surface area contributed by atoms with Crippen molar-refractivity contribution in [2.24, 2.45) is 7.05 Å². The molecule has 5 nitrogen and oxygen atoms in total. The van der Waals surface area contributed by atoms with Crippen molar-refractivity contribution < 1.29 is 9.90 Å². The van der Waals surface area contributed by atoms with Gasteiger partial charge in [0.25, 0.3) is 5.91 Å². The fraction of sp³-hybridized carbons (Fsp3) is 0.125. The Morgan fingerprint density at radius 1 is 1.29 bits per heavy atom. The maximum atomic E-state index is 12.2. The Labute approximate surface area is 121 Å². The third kappa shape index (κ3) is 2.72. The number of amides is 1. The highest BCUT2D eigenvalue weighted by Crippen LogP contribution is 2.24. The summed E-state index contributed by atoms with van der Waals surface area (Å²) in [4.78, 5) is 12.2.